The molecule has 1 aromatic heterocycles. The molecule has 0 spiro atoms. The van der Waals surface area contributed by atoms with Crippen molar-refractivity contribution in [2.24, 2.45) is 10.8 Å². The highest BCUT2D eigenvalue weighted by atomic mass is 16.4. The molecular weight excluding hydrogens is 250 g/mol. The van der Waals surface area contributed by atoms with Crippen LogP contribution in [0.4, 0.5) is 4.79 Å². The Hall–Kier alpha value is -2.83. The number of carbonyl (C=O) groups excluding carboxylic acids is 1. The van der Waals surface area contributed by atoms with Crippen LogP contribution in [-0.2, 0) is 0 Å². The molecule has 0 atom stereocenters. The average molecular weight is 261 g/mol. The zero-order valence-corrected chi connectivity index (χ0v) is 10.0. The third-order valence-electron chi connectivity index (χ3n) is 2.51. The standard InChI is InChI=1S/C12H11N3O4/c1-6-3-2-4-7-9(16)8(5-14-15-12(13)18)11(17)19-10(6)7/h2-5,16H,1H3,(H3,13,15,18)/b14-5+. The lowest BCUT2D eigenvalue weighted by atomic mass is 10.1. The van der Waals surface area contributed by atoms with E-state index in [0.717, 1.165) is 11.8 Å². The molecule has 0 unspecified atom stereocenters. The van der Waals surface area contributed by atoms with Crippen molar-refractivity contribution in [2.45, 2.75) is 6.92 Å². The molecule has 1 aromatic carbocycles. The number of nitrogens with one attached hydrogen (secondary N) is 1. The number of urea groups is 1. The van der Waals surface area contributed by atoms with Crippen LogP contribution in [0.2, 0.25) is 0 Å². The Balaban J connectivity index is 2.60. The number of fused-ring (bicyclic) bond motifs is 1. The minimum Gasteiger partial charge on any atom is -0.506 e. The van der Waals surface area contributed by atoms with E-state index in [9.17, 15) is 14.7 Å². The van der Waals surface area contributed by atoms with Gasteiger partial charge >= 0.3 is 11.7 Å². The maximum atomic E-state index is 11.7. The van der Waals surface area contributed by atoms with Crippen LogP contribution in [0.15, 0.2) is 32.5 Å². The summed E-state index contributed by atoms with van der Waals surface area (Å²) in [5.41, 5.74) is 6.86. The Morgan fingerprint density at radius 1 is 1.53 bits per heavy atom. The lowest BCUT2D eigenvalue weighted by molar-refractivity contribution is 0.249. The number of primary amides is 1. The predicted molar refractivity (Wildman–Crippen MR) is 69.2 cm³/mol. The SMILES string of the molecule is Cc1cccc2c(O)c(/C=N/NC(N)=O)c(=O)oc12. The van der Waals surface area contributed by atoms with E-state index >= 15 is 0 Å². The molecule has 4 N–H and O–H groups in total. The number of nitrogens with two attached hydrogens (primary N) is 1. The summed E-state index contributed by atoms with van der Waals surface area (Å²) in [6.07, 6.45) is 0.980. The van der Waals surface area contributed by atoms with Gasteiger partial charge in [-0.15, -0.1) is 0 Å². The molecule has 0 aliphatic carbocycles. The number of aromatic hydroxyl groups is 1. The second kappa shape index (κ2) is 4.81. The first kappa shape index (κ1) is 12.6. The van der Waals surface area contributed by atoms with Gasteiger partial charge in [-0.3, -0.25) is 0 Å². The molecule has 0 bridgehead atoms. The zero-order chi connectivity index (χ0) is 14.0. The fraction of sp³-hybridized carbons (Fsp3) is 0.0833. The highest BCUT2D eigenvalue weighted by Gasteiger charge is 2.13. The summed E-state index contributed by atoms with van der Waals surface area (Å²) in [7, 11) is 0. The second-order valence-corrected chi connectivity index (χ2v) is 3.84. The van der Waals surface area contributed by atoms with E-state index in [1.807, 2.05) is 5.43 Å². The van der Waals surface area contributed by atoms with E-state index in [4.69, 9.17) is 10.2 Å². The Bertz CT molecular complexity index is 734. The van der Waals surface area contributed by atoms with E-state index in [0.29, 0.717) is 11.0 Å². The molecule has 19 heavy (non-hydrogen) atoms. The fourth-order valence-corrected chi connectivity index (χ4v) is 1.64. The summed E-state index contributed by atoms with van der Waals surface area (Å²) in [5.74, 6) is -0.259. The van der Waals surface area contributed by atoms with Crippen molar-refractivity contribution in [3.8, 4) is 5.75 Å². The van der Waals surface area contributed by atoms with Crippen LogP contribution < -0.4 is 16.8 Å². The third kappa shape index (κ3) is 2.39. The minimum atomic E-state index is -0.878. The molecule has 0 aliphatic rings. The van der Waals surface area contributed by atoms with Gasteiger partial charge in [0.2, 0.25) is 0 Å². The van der Waals surface area contributed by atoms with Crippen LogP contribution in [0.5, 0.6) is 5.75 Å². The topological polar surface area (TPSA) is 118 Å². The normalized spacial score (nSPS) is 11.0. The highest BCUT2D eigenvalue weighted by Crippen LogP contribution is 2.27. The third-order valence-corrected chi connectivity index (χ3v) is 2.51. The van der Waals surface area contributed by atoms with Crippen molar-refractivity contribution < 1.29 is 14.3 Å². The molecule has 98 valence electrons. The van der Waals surface area contributed by atoms with Gasteiger partial charge in [-0.05, 0) is 18.6 Å². The molecule has 2 rings (SSSR count). The number of amides is 2. The highest BCUT2D eigenvalue weighted by molar-refractivity contribution is 5.94. The van der Waals surface area contributed by atoms with Crippen LogP contribution in [0.25, 0.3) is 11.0 Å². The van der Waals surface area contributed by atoms with Crippen molar-refractivity contribution >= 4 is 23.2 Å². The van der Waals surface area contributed by atoms with Crippen molar-refractivity contribution in [3.05, 3.63) is 39.7 Å². The number of benzene rings is 1. The largest absolute Gasteiger partial charge is 0.506 e. The van der Waals surface area contributed by atoms with E-state index in [2.05, 4.69) is 5.10 Å². The summed E-state index contributed by atoms with van der Waals surface area (Å²) in [6.45, 7) is 1.76. The Morgan fingerprint density at radius 3 is 2.95 bits per heavy atom. The van der Waals surface area contributed by atoms with Crippen molar-refractivity contribution in [1.29, 1.82) is 0 Å². The molecular formula is C12H11N3O4. The molecule has 2 aromatic rings. The maximum Gasteiger partial charge on any atom is 0.349 e. The molecule has 7 heteroatoms. The van der Waals surface area contributed by atoms with Gasteiger partial charge in [-0.1, -0.05) is 12.1 Å². The molecule has 0 saturated carbocycles. The van der Waals surface area contributed by atoms with Crippen LogP contribution in [0.3, 0.4) is 0 Å². The lowest BCUT2D eigenvalue weighted by Gasteiger charge is -2.04. The van der Waals surface area contributed by atoms with Gasteiger partial charge in [-0.25, -0.2) is 15.0 Å². The van der Waals surface area contributed by atoms with Crippen molar-refractivity contribution in [2.75, 3.05) is 0 Å². The van der Waals surface area contributed by atoms with Gasteiger partial charge in [0.15, 0.2) is 0 Å². The van der Waals surface area contributed by atoms with Gasteiger partial charge in [0.1, 0.15) is 16.9 Å². The number of para-hydroxylation sites is 1. The van der Waals surface area contributed by atoms with Gasteiger partial charge in [-0.2, -0.15) is 5.10 Å². The van der Waals surface area contributed by atoms with Crippen LogP contribution >= 0.6 is 0 Å². The van der Waals surface area contributed by atoms with Gasteiger partial charge in [0.05, 0.1) is 11.6 Å². The number of hydrazone groups is 1. The minimum absolute atomic E-state index is 0.160. The van der Waals surface area contributed by atoms with Gasteiger partial charge in [0, 0.05) is 0 Å². The second-order valence-electron chi connectivity index (χ2n) is 3.84. The maximum absolute atomic E-state index is 11.7. The number of hydrogen-bond acceptors (Lipinski definition) is 5. The van der Waals surface area contributed by atoms with E-state index in [-0.39, 0.29) is 11.3 Å². The summed E-state index contributed by atoms with van der Waals surface area (Å²) in [4.78, 5) is 22.2. The average Bonchev–Trinajstić information content (AvgIpc) is 2.34. The molecule has 0 aliphatic heterocycles. The molecule has 0 radical (unpaired) electrons. The van der Waals surface area contributed by atoms with Crippen LogP contribution in [0.1, 0.15) is 11.1 Å². The van der Waals surface area contributed by atoms with Crippen LogP contribution in [-0.4, -0.2) is 17.4 Å². The van der Waals surface area contributed by atoms with E-state index in [1.165, 1.54) is 0 Å². The number of nitrogens with zero attached hydrogens (tertiary/aromatic N) is 1. The first-order chi connectivity index (χ1) is 9.00. The molecule has 1 heterocycles. The smallest absolute Gasteiger partial charge is 0.349 e. The Labute approximate surface area is 107 Å². The monoisotopic (exact) mass is 261 g/mol. The Kier molecular flexibility index (Phi) is 3.19. The molecule has 7 nitrogen and oxygen atoms in total. The molecule has 2 amide bonds. The summed E-state index contributed by atoms with van der Waals surface area (Å²) >= 11 is 0. The van der Waals surface area contributed by atoms with Crippen LogP contribution in [0, 0.1) is 6.92 Å². The summed E-state index contributed by atoms with van der Waals surface area (Å²) in [6, 6.07) is 4.21. The molecule has 0 saturated heterocycles. The van der Waals surface area contributed by atoms with Gasteiger partial charge in [0.25, 0.3) is 0 Å². The fourth-order valence-electron chi connectivity index (χ4n) is 1.64. The summed E-state index contributed by atoms with van der Waals surface area (Å²) < 4.78 is 5.11. The van der Waals surface area contributed by atoms with Gasteiger partial charge < -0.3 is 15.3 Å². The number of aryl methyl sites for hydroxylation is 1. The van der Waals surface area contributed by atoms with Crippen molar-refractivity contribution in [1.82, 2.24) is 5.43 Å². The molecule has 0 fully saturated rings. The number of carbonyl (C=O) groups is 1. The van der Waals surface area contributed by atoms with E-state index < -0.39 is 11.7 Å². The summed E-state index contributed by atoms with van der Waals surface area (Å²) in [5, 5.41) is 13.8. The van der Waals surface area contributed by atoms with Crippen molar-refractivity contribution in [3.63, 3.8) is 0 Å². The van der Waals surface area contributed by atoms with E-state index in [1.54, 1.807) is 25.1 Å². The zero-order valence-electron chi connectivity index (χ0n) is 10.0. The quantitative estimate of drug-likeness (QED) is 0.421. The first-order valence-electron chi connectivity index (χ1n) is 5.34. The predicted octanol–water partition coefficient (Wildman–Crippen LogP) is 0.809. The number of rotatable bonds is 2. The lowest BCUT2D eigenvalue weighted by Crippen LogP contribution is -2.24. The number of hydrogen-bond donors (Lipinski definition) is 3. The first-order valence-corrected chi connectivity index (χ1v) is 5.34. The Morgan fingerprint density at radius 2 is 2.26 bits per heavy atom.